The summed E-state index contributed by atoms with van der Waals surface area (Å²) >= 11 is 8.31. The molecule has 17 heavy (non-hydrogen) atoms. The van der Waals surface area contributed by atoms with Gasteiger partial charge in [-0.3, -0.25) is 0 Å². The highest BCUT2D eigenvalue weighted by Crippen LogP contribution is 2.35. The molecular formula is C12H10Br2FNS. The second-order valence-corrected chi connectivity index (χ2v) is 7.11. The standard InChI is InChI=1S/C12H10Br2FNS/c1-6-8(5-10(13)17-6)12(16)7-3-2-4-9(15)11(7)14/h2-5,12H,16H2,1H3. The zero-order chi connectivity index (χ0) is 12.6. The van der Waals surface area contributed by atoms with Crippen LogP contribution in [-0.4, -0.2) is 0 Å². The summed E-state index contributed by atoms with van der Waals surface area (Å²) in [4.78, 5) is 1.14. The van der Waals surface area contributed by atoms with Crippen LogP contribution < -0.4 is 5.73 Å². The van der Waals surface area contributed by atoms with Crippen molar-refractivity contribution in [3.05, 3.63) is 54.3 Å². The van der Waals surface area contributed by atoms with Gasteiger partial charge in [0.1, 0.15) is 5.82 Å². The van der Waals surface area contributed by atoms with Gasteiger partial charge in [-0.15, -0.1) is 11.3 Å². The van der Waals surface area contributed by atoms with Crippen molar-refractivity contribution in [3.63, 3.8) is 0 Å². The minimum atomic E-state index is -0.317. The summed E-state index contributed by atoms with van der Waals surface area (Å²) in [5, 5.41) is 0. The van der Waals surface area contributed by atoms with Crippen LogP contribution in [0.1, 0.15) is 22.0 Å². The Morgan fingerprint density at radius 2 is 2.00 bits per heavy atom. The summed E-state index contributed by atoms with van der Waals surface area (Å²) in [6.07, 6.45) is 0. The molecule has 0 spiro atoms. The Morgan fingerprint density at radius 1 is 1.29 bits per heavy atom. The van der Waals surface area contributed by atoms with Gasteiger partial charge >= 0.3 is 0 Å². The van der Waals surface area contributed by atoms with Crippen LogP contribution >= 0.6 is 43.2 Å². The normalized spacial score (nSPS) is 12.8. The molecule has 2 rings (SSSR count). The summed E-state index contributed by atoms with van der Waals surface area (Å²) in [5.41, 5.74) is 7.97. The first kappa shape index (κ1) is 13.2. The Kier molecular flexibility index (Phi) is 4.02. The lowest BCUT2D eigenvalue weighted by Gasteiger charge is -2.14. The molecule has 90 valence electrons. The third-order valence-corrected chi connectivity index (χ3v) is 4.98. The molecule has 0 aliphatic carbocycles. The van der Waals surface area contributed by atoms with Gasteiger partial charge in [0.25, 0.3) is 0 Å². The first-order valence-electron chi connectivity index (χ1n) is 4.96. The van der Waals surface area contributed by atoms with Crippen molar-refractivity contribution in [1.82, 2.24) is 0 Å². The molecule has 0 aliphatic heterocycles. The highest BCUT2D eigenvalue weighted by atomic mass is 79.9. The van der Waals surface area contributed by atoms with Crippen molar-refractivity contribution in [2.75, 3.05) is 0 Å². The van der Waals surface area contributed by atoms with Crippen LogP contribution in [0.5, 0.6) is 0 Å². The average Bonchev–Trinajstić information content (AvgIpc) is 2.61. The number of hydrogen-bond donors (Lipinski definition) is 1. The molecule has 0 amide bonds. The molecule has 0 saturated heterocycles. The van der Waals surface area contributed by atoms with Gasteiger partial charge in [0, 0.05) is 4.88 Å². The first-order chi connectivity index (χ1) is 8.00. The molecule has 2 aromatic rings. The molecule has 1 nitrogen and oxygen atoms in total. The smallest absolute Gasteiger partial charge is 0.137 e. The van der Waals surface area contributed by atoms with Gasteiger partial charge in [0.15, 0.2) is 0 Å². The summed E-state index contributed by atoms with van der Waals surface area (Å²) in [5.74, 6) is -0.287. The van der Waals surface area contributed by atoms with Gasteiger partial charge in [-0.05, 0) is 62.0 Å². The van der Waals surface area contributed by atoms with Crippen LogP contribution in [0.4, 0.5) is 4.39 Å². The van der Waals surface area contributed by atoms with E-state index in [1.165, 1.54) is 6.07 Å². The van der Waals surface area contributed by atoms with E-state index in [2.05, 4.69) is 31.9 Å². The number of hydrogen-bond acceptors (Lipinski definition) is 2. The largest absolute Gasteiger partial charge is 0.320 e. The Bertz CT molecular complexity index is 553. The molecule has 0 radical (unpaired) electrons. The molecule has 5 heteroatoms. The van der Waals surface area contributed by atoms with Gasteiger partial charge in [0.2, 0.25) is 0 Å². The zero-order valence-corrected chi connectivity index (χ0v) is 13.0. The predicted molar refractivity (Wildman–Crippen MR) is 76.9 cm³/mol. The van der Waals surface area contributed by atoms with Crippen molar-refractivity contribution in [3.8, 4) is 0 Å². The number of rotatable bonds is 2. The average molecular weight is 379 g/mol. The minimum absolute atomic E-state index is 0.287. The van der Waals surface area contributed by atoms with E-state index in [-0.39, 0.29) is 11.9 Å². The van der Waals surface area contributed by atoms with Crippen LogP contribution in [0.25, 0.3) is 0 Å². The van der Waals surface area contributed by atoms with E-state index in [9.17, 15) is 4.39 Å². The highest BCUT2D eigenvalue weighted by Gasteiger charge is 2.18. The lowest BCUT2D eigenvalue weighted by molar-refractivity contribution is 0.616. The van der Waals surface area contributed by atoms with E-state index >= 15 is 0 Å². The molecule has 1 atom stereocenters. The molecule has 1 aromatic carbocycles. The number of benzene rings is 1. The van der Waals surface area contributed by atoms with E-state index in [1.54, 1.807) is 17.4 Å². The monoisotopic (exact) mass is 377 g/mol. The maximum absolute atomic E-state index is 13.5. The molecule has 1 unspecified atom stereocenters. The van der Waals surface area contributed by atoms with Gasteiger partial charge in [0.05, 0.1) is 14.3 Å². The second-order valence-electron chi connectivity index (χ2n) is 3.68. The van der Waals surface area contributed by atoms with E-state index in [0.29, 0.717) is 4.47 Å². The van der Waals surface area contributed by atoms with Gasteiger partial charge in [-0.25, -0.2) is 4.39 Å². The molecule has 0 saturated carbocycles. The second kappa shape index (κ2) is 5.18. The molecule has 1 heterocycles. The predicted octanol–water partition coefficient (Wildman–Crippen LogP) is 4.77. The quantitative estimate of drug-likeness (QED) is 0.800. The van der Waals surface area contributed by atoms with Crippen molar-refractivity contribution in [2.24, 2.45) is 5.73 Å². The Morgan fingerprint density at radius 3 is 2.59 bits per heavy atom. The lowest BCUT2D eigenvalue weighted by atomic mass is 10.0. The fraction of sp³-hybridized carbons (Fsp3) is 0.167. The molecule has 1 aromatic heterocycles. The fourth-order valence-electron chi connectivity index (χ4n) is 1.70. The molecule has 2 N–H and O–H groups in total. The third-order valence-electron chi connectivity index (χ3n) is 2.58. The van der Waals surface area contributed by atoms with E-state index in [4.69, 9.17) is 5.73 Å². The van der Waals surface area contributed by atoms with Crippen LogP contribution in [-0.2, 0) is 0 Å². The Balaban J connectivity index is 2.47. The Hall–Kier alpha value is -0.230. The Labute approximate surface area is 120 Å². The summed E-state index contributed by atoms with van der Waals surface area (Å²) in [6, 6.07) is 6.59. The summed E-state index contributed by atoms with van der Waals surface area (Å²) in [7, 11) is 0. The van der Waals surface area contributed by atoms with Crippen LogP contribution in [0.3, 0.4) is 0 Å². The fourth-order valence-corrected chi connectivity index (χ4v) is 3.96. The van der Waals surface area contributed by atoms with Gasteiger partial charge in [-0.2, -0.15) is 0 Å². The molecular weight excluding hydrogens is 369 g/mol. The maximum atomic E-state index is 13.5. The summed E-state index contributed by atoms with van der Waals surface area (Å²) < 4.78 is 14.9. The van der Waals surface area contributed by atoms with Crippen molar-refractivity contribution >= 4 is 43.2 Å². The third kappa shape index (κ3) is 2.62. The van der Waals surface area contributed by atoms with Crippen molar-refractivity contribution < 1.29 is 4.39 Å². The number of halogens is 3. The van der Waals surface area contributed by atoms with E-state index < -0.39 is 0 Å². The number of thiophene rings is 1. The molecule has 0 bridgehead atoms. The van der Waals surface area contributed by atoms with Crippen molar-refractivity contribution in [1.29, 1.82) is 0 Å². The van der Waals surface area contributed by atoms with Crippen LogP contribution in [0, 0.1) is 12.7 Å². The minimum Gasteiger partial charge on any atom is -0.320 e. The van der Waals surface area contributed by atoms with Crippen LogP contribution in [0.2, 0.25) is 0 Å². The van der Waals surface area contributed by atoms with Crippen LogP contribution in [0.15, 0.2) is 32.5 Å². The molecule has 0 aliphatic rings. The number of nitrogens with two attached hydrogens (primary N) is 1. The lowest BCUT2D eigenvalue weighted by Crippen LogP contribution is -2.13. The van der Waals surface area contributed by atoms with Gasteiger partial charge < -0.3 is 5.73 Å². The van der Waals surface area contributed by atoms with Gasteiger partial charge in [-0.1, -0.05) is 12.1 Å². The van der Waals surface area contributed by atoms with E-state index in [0.717, 1.165) is 19.8 Å². The van der Waals surface area contributed by atoms with Crippen molar-refractivity contribution in [2.45, 2.75) is 13.0 Å². The first-order valence-corrected chi connectivity index (χ1v) is 7.36. The summed E-state index contributed by atoms with van der Waals surface area (Å²) in [6.45, 7) is 2.01. The van der Waals surface area contributed by atoms with E-state index in [1.807, 2.05) is 19.1 Å². The highest BCUT2D eigenvalue weighted by molar-refractivity contribution is 9.11. The number of aryl methyl sites for hydroxylation is 1. The topological polar surface area (TPSA) is 26.0 Å². The molecule has 0 fully saturated rings. The zero-order valence-electron chi connectivity index (χ0n) is 9.01. The maximum Gasteiger partial charge on any atom is 0.137 e. The SMILES string of the molecule is Cc1sc(Br)cc1C(N)c1cccc(F)c1Br.